The number of hydrogen-bond acceptors (Lipinski definition) is 2. The molecule has 1 aromatic rings. The molecule has 0 aliphatic heterocycles. The first-order valence-electron chi connectivity index (χ1n) is 7.05. The number of rotatable bonds is 4. The van der Waals surface area contributed by atoms with Crippen LogP contribution in [0.15, 0.2) is 12.1 Å². The second-order valence-corrected chi connectivity index (χ2v) is 6.50. The zero-order valence-electron chi connectivity index (χ0n) is 10.8. The van der Waals surface area contributed by atoms with Gasteiger partial charge in [0.2, 0.25) is 0 Å². The van der Waals surface area contributed by atoms with Crippen LogP contribution in [-0.2, 0) is 12.8 Å². The van der Waals surface area contributed by atoms with Crippen molar-refractivity contribution in [3.8, 4) is 0 Å². The molecular weight excluding hydrogens is 228 g/mol. The molecule has 0 saturated heterocycles. The summed E-state index contributed by atoms with van der Waals surface area (Å²) in [6.45, 7) is 2.19. The molecule has 1 atom stereocenters. The van der Waals surface area contributed by atoms with E-state index in [1.165, 1.54) is 48.3 Å². The van der Waals surface area contributed by atoms with E-state index in [0.29, 0.717) is 5.92 Å². The van der Waals surface area contributed by atoms with E-state index in [0.717, 1.165) is 12.8 Å². The van der Waals surface area contributed by atoms with Crippen LogP contribution in [-0.4, -0.2) is 11.2 Å². The average Bonchev–Trinajstić information content (AvgIpc) is 2.62. The molecule has 1 fully saturated rings. The van der Waals surface area contributed by atoms with Crippen LogP contribution in [0, 0.1) is 5.92 Å². The van der Waals surface area contributed by atoms with Crippen molar-refractivity contribution >= 4 is 11.3 Å². The Labute approximate surface area is 109 Å². The van der Waals surface area contributed by atoms with Crippen molar-refractivity contribution in [1.29, 1.82) is 0 Å². The number of aryl methyl sites for hydroxylation is 1. The fourth-order valence-corrected chi connectivity index (χ4v) is 3.80. The van der Waals surface area contributed by atoms with Crippen LogP contribution >= 0.6 is 11.3 Å². The van der Waals surface area contributed by atoms with Crippen LogP contribution in [0.25, 0.3) is 0 Å². The maximum Gasteiger partial charge on any atom is 0.0616 e. The highest BCUT2D eigenvalue weighted by atomic mass is 32.1. The van der Waals surface area contributed by atoms with Gasteiger partial charge in [0.05, 0.1) is 6.10 Å². The Morgan fingerprint density at radius 1 is 1.18 bits per heavy atom. The predicted molar refractivity (Wildman–Crippen MR) is 74.6 cm³/mol. The molecule has 0 spiro atoms. The van der Waals surface area contributed by atoms with Gasteiger partial charge in [-0.1, -0.05) is 32.6 Å². The van der Waals surface area contributed by atoms with Crippen molar-refractivity contribution < 1.29 is 5.11 Å². The van der Waals surface area contributed by atoms with E-state index < -0.39 is 0 Å². The van der Waals surface area contributed by atoms with Gasteiger partial charge in [0.1, 0.15) is 0 Å². The van der Waals surface area contributed by atoms with Gasteiger partial charge < -0.3 is 5.11 Å². The van der Waals surface area contributed by atoms with E-state index in [9.17, 15) is 5.11 Å². The summed E-state index contributed by atoms with van der Waals surface area (Å²) < 4.78 is 0. The fourth-order valence-electron chi connectivity index (χ4n) is 2.79. The number of aliphatic hydroxyl groups is 1. The lowest BCUT2D eigenvalue weighted by Crippen LogP contribution is -2.22. The Morgan fingerprint density at radius 2 is 1.82 bits per heavy atom. The standard InChI is InChI=1S/C15H24OS/c1-2-13-9-10-14(17-13)11-15(16)12-7-5-3-4-6-8-12/h9-10,12,15-16H,2-8,11H2,1H3. The molecule has 0 amide bonds. The molecule has 1 heterocycles. The third-order valence-corrected chi connectivity index (χ3v) is 5.17. The van der Waals surface area contributed by atoms with Gasteiger partial charge in [0.15, 0.2) is 0 Å². The molecular formula is C15H24OS. The normalized spacial score (nSPS) is 20.1. The molecule has 1 aromatic heterocycles. The maximum absolute atomic E-state index is 10.3. The smallest absolute Gasteiger partial charge is 0.0616 e. The largest absolute Gasteiger partial charge is 0.392 e. The minimum absolute atomic E-state index is 0.114. The second-order valence-electron chi connectivity index (χ2n) is 5.24. The van der Waals surface area contributed by atoms with Crippen molar-refractivity contribution in [2.45, 2.75) is 64.4 Å². The minimum atomic E-state index is -0.114. The average molecular weight is 252 g/mol. The quantitative estimate of drug-likeness (QED) is 0.797. The Balaban J connectivity index is 1.88. The Morgan fingerprint density at radius 3 is 2.41 bits per heavy atom. The molecule has 17 heavy (non-hydrogen) atoms. The SMILES string of the molecule is CCc1ccc(CC(O)C2CCCCCC2)s1. The van der Waals surface area contributed by atoms with Crippen LogP contribution in [0.2, 0.25) is 0 Å². The fraction of sp³-hybridized carbons (Fsp3) is 0.733. The first kappa shape index (κ1) is 13.1. The first-order valence-corrected chi connectivity index (χ1v) is 7.87. The lowest BCUT2D eigenvalue weighted by molar-refractivity contribution is 0.0993. The lowest BCUT2D eigenvalue weighted by atomic mass is 9.92. The topological polar surface area (TPSA) is 20.2 Å². The molecule has 96 valence electrons. The Kier molecular flexibility index (Phi) is 5.05. The van der Waals surface area contributed by atoms with Gasteiger partial charge in [-0.2, -0.15) is 0 Å². The zero-order valence-corrected chi connectivity index (χ0v) is 11.6. The Bertz CT molecular complexity index is 323. The highest BCUT2D eigenvalue weighted by molar-refractivity contribution is 7.11. The molecule has 2 rings (SSSR count). The summed E-state index contributed by atoms with van der Waals surface area (Å²) in [5.74, 6) is 0.546. The van der Waals surface area contributed by atoms with Crippen LogP contribution < -0.4 is 0 Å². The molecule has 1 unspecified atom stereocenters. The van der Waals surface area contributed by atoms with Gasteiger partial charge >= 0.3 is 0 Å². The summed E-state index contributed by atoms with van der Waals surface area (Å²) in [4.78, 5) is 2.80. The number of thiophene rings is 1. The van der Waals surface area contributed by atoms with E-state index in [4.69, 9.17) is 0 Å². The highest BCUT2D eigenvalue weighted by Crippen LogP contribution is 2.28. The van der Waals surface area contributed by atoms with E-state index in [2.05, 4.69) is 19.1 Å². The van der Waals surface area contributed by atoms with E-state index in [1.807, 2.05) is 11.3 Å². The van der Waals surface area contributed by atoms with E-state index in [1.54, 1.807) is 0 Å². The number of aliphatic hydroxyl groups excluding tert-OH is 1. The first-order chi connectivity index (χ1) is 8.29. The summed E-state index contributed by atoms with van der Waals surface area (Å²) in [7, 11) is 0. The zero-order chi connectivity index (χ0) is 12.1. The van der Waals surface area contributed by atoms with Crippen molar-refractivity contribution in [3.05, 3.63) is 21.9 Å². The monoisotopic (exact) mass is 252 g/mol. The van der Waals surface area contributed by atoms with Crippen LogP contribution in [0.1, 0.15) is 55.2 Å². The summed E-state index contributed by atoms with van der Waals surface area (Å²) in [5, 5.41) is 10.3. The van der Waals surface area contributed by atoms with Gasteiger partial charge in [-0.05, 0) is 37.3 Å². The minimum Gasteiger partial charge on any atom is -0.392 e. The molecule has 1 aliphatic rings. The maximum atomic E-state index is 10.3. The van der Waals surface area contributed by atoms with Crippen LogP contribution in [0.3, 0.4) is 0 Å². The molecule has 1 N–H and O–H groups in total. The highest BCUT2D eigenvalue weighted by Gasteiger charge is 2.21. The molecule has 0 bridgehead atoms. The molecule has 1 aliphatic carbocycles. The van der Waals surface area contributed by atoms with Crippen molar-refractivity contribution in [2.75, 3.05) is 0 Å². The summed E-state index contributed by atoms with van der Waals surface area (Å²) in [6.07, 6.45) is 9.68. The van der Waals surface area contributed by atoms with Crippen molar-refractivity contribution in [1.82, 2.24) is 0 Å². The summed E-state index contributed by atoms with van der Waals surface area (Å²) in [5.41, 5.74) is 0. The van der Waals surface area contributed by atoms with Gasteiger partial charge in [-0.25, -0.2) is 0 Å². The van der Waals surface area contributed by atoms with Crippen LogP contribution in [0.4, 0.5) is 0 Å². The second kappa shape index (κ2) is 6.55. The Hall–Kier alpha value is -0.340. The van der Waals surface area contributed by atoms with Crippen molar-refractivity contribution in [3.63, 3.8) is 0 Å². The molecule has 0 radical (unpaired) electrons. The molecule has 1 nitrogen and oxygen atoms in total. The predicted octanol–water partition coefficient (Wildman–Crippen LogP) is 4.18. The van der Waals surface area contributed by atoms with E-state index >= 15 is 0 Å². The van der Waals surface area contributed by atoms with Gasteiger partial charge in [0, 0.05) is 16.2 Å². The summed E-state index contributed by atoms with van der Waals surface area (Å²) in [6, 6.07) is 4.41. The van der Waals surface area contributed by atoms with Crippen molar-refractivity contribution in [2.24, 2.45) is 5.92 Å². The number of hydrogen-bond donors (Lipinski definition) is 1. The lowest BCUT2D eigenvalue weighted by Gasteiger charge is -2.20. The molecule has 1 saturated carbocycles. The molecule has 0 aromatic carbocycles. The van der Waals surface area contributed by atoms with Gasteiger partial charge in [0.25, 0.3) is 0 Å². The summed E-state index contributed by atoms with van der Waals surface area (Å²) >= 11 is 1.87. The van der Waals surface area contributed by atoms with E-state index in [-0.39, 0.29) is 6.10 Å². The third-order valence-electron chi connectivity index (χ3n) is 3.92. The third kappa shape index (κ3) is 3.82. The molecule has 2 heteroatoms. The van der Waals surface area contributed by atoms with Gasteiger partial charge in [-0.15, -0.1) is 11.3 Å². The van der Waals surface area contributed by atoms with Crippen LogP contribution in [0.5, 0.6) is 0 Å². The van der Waals surface area contributed by atoms with Gasteiger partial charge in [-0.3, -0.25) is 0 Å².